The maximum atomic E-state index is 11.0. The molecule has 0 N–H and O–H groups in total. The van der Waals surface area contributed by atoms with Gasteiger partial charge < -0.3 is 9.53 Å². The van der Waals surface area contributed by atoms with Gasteiger partial charge in [0, 0.05) is 19.6 Å². The average molecular weight is 240 g/mol. The second-order valence-electron chi connectivity index (χ2n) is 5.08. The molecule has 2 heterocycles. The fourth-order valence-electron chi connectivity index (χ4n) is 2.84. The van der Waals surface area contributed by atoms with Gasteiger partial charge in [-0.25, -0.2) is 0 Å². The molecule has 0 aromatic rings. The zero-order valence-electron chi connectivity index (χ0n) is 10.8. The van der Waals surface area contributed by atoms with Gasteiger partial charge in [-0.2, -0.15) is 0 Å². The molecule has 0 amide bonds. The van der Waals surface area contributed by atoms with Crippen LogP contribution in [0.25, 0.3) is 0 Å². The van der Waals surface area contributed by atoms with E-state index in [0.717, 1.165) is 52.0 Å². The van der Waals surface area contributed by atoms with Crippen LogP contribution in [0.5, 0.6) is 0 Å². The van der Waals surface area contributed by atoms with Crippen LogP contribution < -0.4 is 0 Å². The van der Waals surface area contributed by atoms with E-state index in [4.69, 9.17) is 4.74 Å². The molecule has 98 valence electrons. The molecule has 2 aliphatic heterocycles. The number of rotatable bonds is 4. The molecule has 2 saturated heterocycles. The first-order valence-electron chi connectivity index (χ1n) is 6.86. The predicted molar refractivity (Wildman–Crippen MR) is 67.1 cm³/mol. The zero-order valence-corrected chi connectivity index (χ0v) is 10.8. The fourth-order valence-corrected chi connectivity index (χ4v) is 2.84. The number of likely N-dealkylation sites (N-methyl/N-ethyl adjacent to an activating group) is 1. The summed E-state index contributed by atoms with van der Waals surface area (Å²) in [6.45, 7) is 8.14. The first-order chi connectivity index (χ1) is 8.33. The maximum absolute atomic E-state index is 11.0. The van der Waals surface area contributed by atoms with Crippen molar-refractivity contribution in [2.45, 2.75) is 38.3 Å². The van der Waals surface area contributed by atoms with Crippen LogP contribution >= 0.6 is 0 Å². The van der Waals surface area contributed by atoms with Crippen molar-refractivity contribution in [1.29, 1.82) is 0 Å². The van der Waals surface area contributed by atoms with E-state index in [1.807, 2.05) is 0 Å². The van der Waals surface area contributed by atoms with Gasteiger partial charge in [-0.3, -0.25) is 9.80 Å². The van der Waals surface area contributed by atoms with Gasteiger partial charge in [-0.1, -0.05) is 13.3 Å². The number of morpholine rings is 1. The number of aldehydes is 1. The summed E-state index contributed by atoms with van der Waals surface area (Å²) in [4.78, 5) is 15.8. The van der Waals surface area contributed by atoms with E-state index >= 15 is 0 Å². The van der Waals surface area contributed by atoms with Crippen molar-refractivity contribution in [1.82, 2.24) is 9.80 Å². The number of hydrogen-bond acceptors (Lipinski definition) is 4. The van der Waals surface area contributed by atoms with E-state index < -0.39 is 0 Å². The lowest BCUT2D eigenvalue weighted by atomic mass is 10.0. The Bertz CT molecular complexity index is 248. The number of hydrogen-bond donors (Lipinski definition) is 0. The van der Waals surface area contributed by atoms with Crippen LogP contribution in [0.1, 0.15) is 26.2 Å². The molecule has 2 rings (SSSR count). The molecule has 0 spiro atoms. The van der Waals surface area contributed by atoms with Crippen LogP contribution in [0.2, 0.25) is 0 Å². The Hall–Kier alpha value is -0.450. The van der Waals surface area contributed by atoms with Crippen molar-refractivity contribution in [3.63, 3.8) is 0 Å². The number of nitrogens with zero attached hydrogens (tertiary/aromatic N) is 2. The molecule has 2 unspecified atom stereocenters. The van der Waals surface area contributed by atoms with Gasteiger partial charge >= 0.3 is 0 Å². The third kappa shape index (κ3) is 3.50. The van der Waals surface area contributed by atoms with Crippen LogP contribution in [-0.2, 0) is 9.53 Å². The fraction of sp³-hybridized carbons (Fsp3) is 0.923. The minimum Gasteiger partial charge on any atom is -0.374 e. The van der Waals surface area contributed by atoms with Gasteiger partial charge in [-0.15, -0.1) is 0 Å². The molecule has 4 nitrogen and oxygen atoms in total. The second-order valence-corrected chi connectivity index (χ2v) is 5.08. The lowest BCUT2D eigenvalue weighted by Gasteiger charge is -2.38. The molecular weight excluding hydrogens is 216 g/mol. The Kier molecular flexibility index (Phi) is 4.95. The highest BCUT2D eigenvalue weighted by molar-refractivity contribution is 5.57. The van der Waals surface area contributed by atoms with Crippen molar-refractivity contribution in [3.05, 3.63) is 0 Å². The lowest BCUT2D eigenvalue weighted by molar-refractivity contribution is -0.115. The quantitative estimate of drug-likeness (QED) is 0.679. The molecular formula is C13H24N2O2. The van der Waals surface area contributed by atoms with Crippen molar-refractivity contribution in [2.75, 3.05) is 39.3 Å². The molecule has 0 aliphatic carbocycles. The van der Waals surface area contributed by atoms with E-state index in [-0.39, 0.29) is 12.1 Å². The van der Waals surface area contributed by atoms with Crippen LogP contribution in [0.4, 0.5) is 0 Å². The Balaban J connectivity index is 1.83. The smallest absolute Gasteiger partial charge is 0.137 e. The van der Waals surface area contributed by atoms with Crippen molar-refractivity contribution in [2.24, 2.45) is 0 Å². The molecule has 17 heavy (non-hydrogen) atoms. The van der Waals surface area contributed by atoms with Crippen LogP contribution in [0, 0.1) is 0 Å². The van der Waals surface area contributed by atoms with E-state index in [9.17, 15) is 4.79 Å². The van der Waals surface area contributed by atoms with Gasteiger partial charge in [0.2, 0.25) is 0 Å². The molecule has 2 atom stereocenters. The highest BCUT2D eigenvalue weighted by Gasteiger charge is 2.27. The number of likely N-dealkylation sites (tertiary alicyclic amines) is 1. The monoisotopic (exact) mass is 240 g/mol. The average Bonchev–Trinajstić information content (AvgIpc) is 2.39. The normalized spacial score (nSPS) is 32.5. The van der Waals surface area contributed by atoms with E-state index in [2.05, 4.69) is 16.7 Å². The Labute approximate surface area is 104 Å². The highest BCUT2D eigenvalue weighted by Crippen LogP contribution is 2.17. The lowest BCUT2D eigenvalue weighted by Crippen LogP contribution is -2.51. The number of carbonyl (C=O) groups excluding carboxylic acids is 1. The van der Waals surface area contributed by atoms with Crippen molar-refractivity contribution < 1.29 is 9.53 Å². The van der Waals surface area contributed by atoms with E-state index in [1.165, 1.54) is 12.8 Å². The third-order valence-corrected chi connectivity index (χ3v) is 3.93. The summed E-state index contributed by atoms with van der Waals surface area (Å²) in [5.74, 6) is 0. The summed E-state index contributed by atoms with van der Waals surface area (Å²) in [6, 6.07) is 0.129. The molecule has 2 fully saturated rings. The third-order valence-electron chi connectivity index (χ3n) is 3.93. The van der Waals surface area contributed by atoms with Crippen LogP contribution in [0.3, 0.4) is 0 Å². The highest BCUT2D eigenvalue weighted by atomic mass is 16.5. The maximum Gasteiger partial charge on any atom is 0.137 e. The molecule has 4 heteroatoms. The molecule has 0 saturated carbocycles. The summed E-state index contributed by atoms with van der Waals surface area (Å²) in [5, 5.41) is 0. The Morgan fingerprint density at radius 3 is 3.00 bits per heavy atom. The number of piperidine rings is 1. The Morgan fingerprint density at radius 2 is 2.24 bits per heavy atom. The largest absolute Gasteiger partial charge is 0.374 e. The SMILES string of the molecule is CCN1CCOC(CN2CCCCC2C=O)C1. The van der Waals surface area contributed by atoms with Gasteiger partial charge in [0.1, 0.15) is 6.29 Å². The van der Waals surface area contributed by atoms with E-state index in [0.29, 0.717) is 0 Å². The van der Waals surface area contributed by atoms with E-state index in [1.54, 1.807) is 0 Å². The standard InChI is InChI=1S/C13H24N2O2/c1-2-14-7-8-17-13(9-14)10-15-6-4-3-5-12(15)11-16/h11-13H,2-10H2,1H3. The van der Waals surface area contributed by atoms with Gasteiger partial charge in [0.15, 0.2) is 0 Å². The van der Waals surface area contributed by atoms with Crippen LogP contribution in [0.15, 0.2) is 0 Å². The summed E-state index contributed by atoms with van der Waals surface area (Å²) >= 11 is 0. The second kappa shape index (κ2) is 6.47. The van der Waals surface area contributed by atoms with Crippen LogP contribution in [-0.4, -0.2) is 67.6 Å². The molecule has 0 radical (unpaired) electrons. The number of carbonyl (C=O) groups is 1. The molecule has 0 aromatic carbocycles. The minimum atomic E-state index is 0.129. The summed E-state index contributed by atoms with van der Waals surface area (Å²) in [5.41, 5.74) is 0. The zero-order chi connectivity index (χ0) is 12.1. The molecule has 0 aromatic heterocycles. The summed E-state index contributed by atoms with van der Waals surface area (Å²) < 4.78 is 5.81. The predicted octanol–water partition coefficient (Wildman–Crippen LogP) is 0.760. The molecule has 2 aliphatic rings. The van der Waals surface area contributed by atoms with Gasteiger partial charge in [0.05, 0.1) is 18.8 Å². The van der Waals surface area contributed by atoms with Crippen molar-refractivity contribution in [3.8, 4) is 0 Å². The topological polar surface area (TPSA) is 32.8 Å². The van der Waals surface area contributed by atoms with Gasteiger partial charge in [0.25, 0.3) is 0 Å². The van der Waals surface area contributed by atoms with Crippen molar-refractivity contribution >= 4 is 6.29 Å². The first kappa shape index (κ1) is 13.0. The Morgan fingerprint density at radius 1 is 1.35 bits per heavy atom. The summed E-state index contributed by atoms with van der Waals surface area (Å²) in [6.07, 6.45) is 4.82. The molecule has 0 bridgehead atoms. The minimum absolute atomic E-state index is 0.129. The first-order valence-corrected chi connectivity index (χ1v) is 6.86. The van der Waals surface area contributed by atoms with Gasteiger partial charge in [-0.05, 0) is 25.9 Å². The summed E-state index contributed by atoms with van der Waals surface area (Å²) in [7, 11) is 0. The number of ether oxygens (including phenoxy) is 1.